The Bertz CT molecular complexity index is 188. The van der Waals surface area contributed by atoms with E-state index >= 15 is 0 Å². The SMILES string of the molecule is CCCC(C)OCCC(C)(C#N)NC. The lowest BCUT2D eigenvalue weighted by atomic mass is 10.0. The Morgan fingerprint density at radius 1 is 1.57 bits per heavy atom. The van der Waals surface area contributed by atoms with Gasteiger partial charge in [0.15, 0.2) is 0 Å². The molecule has 0 radical (unpaired) electrons. The van der Waals surface area contributed by atoms with Gasteiger partial charge in [0.05, 0.1) is 12.2 Å². The highest BCUT2D eigenvalue weighted by molar-refractivity contribution is 5.02. The minimum Gasteiger partial charge on any atom is -0.378 e. The van der Waals surface area contributed by atoms with Gasteiger partial charge in [-0.15, -0.1) is 0 Å². The first-order chi connectivity index (χ1) is 6.58. The molecule has 0 aliphatic carbocycles. The Balaban J connectivity index is 3.68. The summed E-state index contributed by atoms with van der Waals surface area (Å²) < 4.78 is 5.59. The molecule has 0 aromatic carbocycles. The van der Waals surface area contributed by atoms with Gasteiger partial charge in [0.2, 0.25) is 0 Å². The second-order valence-corrected chi connectivity index (χ2v) is 3.91. The molecule has 14 heavy (non-hydrogen) atoms. The maximum Gasteiger partial charge on any atom is 0.105 e. The Morgan fingerprint density at radius 3 is 2.64 bits per heavy atom. The summed E-state index contributed by atoms with van der Waals surface area (Å²) in [4.78, 5) is 0. The van der Waals surface area contributed by atoms with Crippen LogP contribution in [0, 0.1) is 11.3 Å². The molecule has 0 fully saturated rings. The normalized spacial score (nSPS) is 17.1. The molecule has 0 aromatic heterocycles. The average Bonchev–Trinajstić information content (AvgIpc) is 2.18. The van der Waals surface area contributed by atoms with E-state index < -0.39 is 5.54 Å². The van der Waals surface area contributed by atoms with E-state index in [2.05, 4.69) is 25.2 Å². The molecule has 0 aliphatic heterocycles. The Hall–Kier alpha value is -0.590. The van der Waals surface area contributed by atoms with Crippen molar-refractivity contribution < 1.29 is 4.74 Å². The number of hydrogen-bond donors (Lipinski definition) is 1. The highest BCUT2D eigenvalue weighted by Gasteiger charge is 2.20. The predicted molar refractivity (Wildman–Crippen MR) is 58.0 cm³/mol. The summed E-state index contributed by atoms with van der Waals surface area (Å²) in [7, 11) is 1.80. The molecule has 0 rings (SSSR count). The molecule has 1 N–H and O–H groups in total. The number of ether oxygens (including phenoxy) is 1. The highest BCUT2D eigenvalue weighted by atomic mass is 16.5. The first kappa shape index (κ1) is 13.4. The summed E-state index contributed by atoms with van der Waals surface area (Å²) in [5.74, 6) is 0. The molecule has 0 saturated carbocycles. The van der Waals surface area contributed by atoms with E-state index in [0.717, 1.165) is 19.3 Å². The molecular formula is C11H22N2O. The van der Waals surface area contributed by atoms with Crippen molar-refractivity contribution in [2.75, 3.05) is 13.7 Å². The zero-order valence-electron chi connectivity index (χ0n) is 9.76. The monoisotopic (exact) mass is 198 g/mol. The molecule has 0 saturated heterocycles. The van der Waals surface area contributed by atoms with E-state index in [1.807, 2.05) is 6.92 Å². The van der Waals surface area contributed by atoms with Gasteiger partial charge in [-0.05, 0) is 27.3 Å². The van der Waals surface area contributed by atoms with Gasteiger partial charge in [0, 0.05) is 13.0 Å². The van der Waals surface area contributed by atoms with Gasteiger partial charge in [-0.3, -0.25) is 0 Å². The smallest absolute Gasteiger partial charge is 0.105 e. The van der Waals surface area contributed by atoms with Crippen LogP contribution >= 0.6 is 0 Å². The van der Waals surface area contributed by atoms with Crippen molar-refractivity contribution in [1.82, 2.24) is 5.32 Å². The number of nitrogens with zero attached hydrogens (tertiary/aromatic N) is 1. The number of nitrogens with one attached hydrogen (secondary N) is 1. The van der Waals surface area contributed by atoms with E-state index in [0.29, 0.717) is 12.7 Å². The van der Waals surface area contributed by atoms with Crippen LogP contribution in [0.4, 0.5) is 0 Å². The molecule has 2 atom stereocenters. The van der Waals surface area contributed by atoms with Gasteiger partial charge < -0.3 is 10.1 Å². The van der Waals surface area contributed by atoms with Crippen LogP contribution in [-0.4, -0.2) is 25.3 Å². The first-order valence-electron chi connectivity index (χ1n) is 5.29. The van der Waals surface area contributed by atoms with Crippen molar-refractivity contribution in [2.24, 2.45) is 0 Å². The van der Waals surface area contributed by atoms with Crippen LogP contribution in [0.2, 0.25) is 0 Å². The van der Waals surface area contributed by atoms with Crippen LogP contribution in [0.3, 0.4) is 0 Å². The third-order valence-corrected chi connectivity index (χ3v) is 2.50. The van der Waals surface area contributed by atoms with Gasteiger partial charge in [-0.1, -0.05) is 13.3 Å². The number of nitriles is 1. The zero-order valence-corrected chi connectivity index (χ0v) is 9.76. The molecular weight excluding hydrogens is 176 g/mol. The second kappa shape index (κ2) is 6.80. The topological polar surface area (TPSA) is 45.0 Å². The van der Waals surface area contributed by atoms with Gasteiger partial charge in [-0.2, -0.15) is 5.26 Å². The van der Waals surface area contributed by atoms with E-state index in [1.165, 1.54) is 0 Å². The molecule has 0 spiro atoms. The van der Waals surface area contributed by atoms with Gasteiger partial charge in [-0.25, -0.2) is 0 Å². The van der Waals surface area contributed by atoms with Crippen LogP contribution in [0.5, 0.6) is 0 Å². The summed E-state index contributed by atoms with van der Waals surface area (Å²) in [5, 5.41) is 11.9. The highest BCUT2D eigenvalue weighted by Crippen LogP contribution is 2.09. The molecule has 0 heterocycles. The van der Waals surface area contributed by atoms with E-state index in [4.69, 9.17) is 10.00 Å². The quantitative estimate of drug-likeness (QED) is 0.681. The molecule has 0 aliphatic rings. The standard InChI is InChI=1S/C11H22N2O/c1-5-6-10(2)14-8-7-11(3,9-12)13-4/h10,13H,5-8H2,1-4H3. The summed E-state index contributed by atoms with van der Waals surface area (Å²) in [5.41, 5.74) is -0.452. The maximum atomic E-state index is 8.89. The molecule has 3 heteroatoms. The van der Waals surface area contributed by atoms with Crippen LogP contribution in [0.25, 0.3) is 0 Å². The molecule has 0 amide bonds. The van der Waals surface area contributed by atoms with Crippen molar-refractivity contribution in [3.63, 3.8) is 0 Å². The Labute approximate surface area is 87.4 Å². The number of rotatable bonds is 7. The molecule has 82 valence electrons. The van der Waals surface area contributed by atoms with Crippen LogP contribution in [-0.2, 0) is 4.74 Å². The maximum absolute atomic E-state index is 8.89. The summed E-state index contributed by atoms with van der Waals surface area (Å²) in [6, 6.07) is 2.24. The van der Waals surface area contributed by atoms with Crippen LogP contribution in [0.15, 0.2) is 0 Å². The lowest BCUT2D eigenvalue weighted by Crippen LogP contribution is -2.39. The molecule has 2 unspecified atom stereocenters. The van der Waals surface area contributed by atoms with Crippen molar-refractivity contribution in [1.29, 1.82) is 5.26 Å². The summed E-state index contributed by atoms with van der Waals surface area (Å²) in [6.45, 7) is 6.76. The lowest BCUT2D eigenvalue weighted by molar-refractivity contribution is 0.0506. The van der Waals surface area contributed by atoms with Crippen molar-refractivity contribution in [2.45, 2.75) is 51.7 Å². The molecule has 0 bridgehead atoms. The second-order valence-electron chi connectivity index (χ2n) is 3.91. The van der Waals surface area contributed by atoms with Crippen LogP contribution in [0.1, 0.15) is 40.0 Å². The largest absolute Gasteiger partial charge is 0.378 e. The molecule has 3 nitrogen and oxygen atoms in total. The van der Waals surface area contributed by atoms with Crippen molar-refractivity contribution >= 4 is 0 Å². The van der Waals surface area contributed by atoms with Crippen LogP contribution < -0.4 is 5.32 Å². The third-order valence-electron chi connectivity index (χ3n) is 2.50. The van der Waals surface area contributed by atoms with E-state index in [9.17, 15) is 0 Å². The van der Waals surface area contributed by atoms with Gasteiger partial charge >= 0.3 is 0 Å². The predicted octanol–water partition coefficient (Wildman–Crippen LogP) is 2.08. The number of hydrogen-bond acceptors (Lipinski definition) is 3. The fourth-order valence-corrected chi connectivity index (χ4v) is 1.19. The van der Waals surface area contributed by atoms with E-state index in [1.54, 1.807) is 7.05 Å². The Kier molecular flexibility index (Phi) is 6.52. The first-order valence-corrected chi connectivity index (χ1v) is 5.29. The molecule has 0 aromatic rings. The zero-order chi connectivity index (χ0) is 11.0. The van der Waals surface area contributed by atoms with Crippen molar-refractivity contribution in [3.8, 4) is 6.07 Å². The minimum absolute atomic E-state index is 0.305. The minimum atomic E-state index is -0.452. The van der Waals surface area contributed by atoms with Gasteiger partial charge in [0.1, 0.15) is 5.54 Å². The fraction of sp³-hybridized carbons (Fsp3) is 0.909. The summed E-state index contributed by atoms with van der Waals surface area (Å²) >= 11 is 0. The lowest BCUT2D eigenvalue weighted by Gasteiger charge is -2.21. The van der Waals surface area contributed by atoms with Gasteiger partial charge in [0.25, 0.3) is 0 Å². The Morgan fingerprint density at radius 2 is 2.21 bits per heavy atom. The average molecular weight is 198 g/mol. The summed E-state index contributed by atoms with van der Waals surface area (Å²) in [6.07, 6.45) is 3.26. The van der Waals surface area contributed by atoms with E-state index in [-0.39, 0.29) is 0 Å². The fourth-order valence-electron chi connectivity index (χ4n) is 1.19. The van der Waals surface area contributed by atoms with Crippen molar-refractivity contribution in [3.05, 3.63) is 0 Å². The third kappa shape index (κ3) is 5.21.